The van der Waals surface area contributed by atoms with Crippen molar-refractivity contribution in [1.29, 1.82) is 0 Å². The molecule has 7 heteroatoms. The van der Waals surface area contributed by atoms with Gasteiger partial charge in [0.15, 0.2) is 0 Å². The fraction of sp³-hybridized carbons (Fsp3) is 0.300. The Morgan fingerprint density at radius 1 is 1.04 bits per heavy atom. The minimum Gasteiger partial charge on any atom is -0.325 e. The molecule has 0 atom stereocenters. The molecular weight excluding hydrogens is 357 g/mol. The zero-order valence-electron chi connectivity index (χ0n) is 15.3. The minimum absolute atomic E-state index is 0.335. The van der Waals surface area contributed by atoms with Crippen LogP contribution in [-0.2, 0) is 15.8 Å². The summed E-state index contributed by atoms with van der Waals surface area (Å²) < 4.78 is 39.7. The molecule has 0 spiro atoms. The van der Waals surface area contributed by atoms with Gasteiger partial charge in [0.1, 0.15) is 6.54 Å². The number of rotatable bonds is 5. The molecule has 0 radical (unpaired) electrons. The summed E-state index contributed by atoms with van der Waals surface area (Å²) in [7, 11) is 0. The number of carbonyl (C=O) groups is 2. The summed E-state index contributed by atoms with van der Waals surface area (Å²) >= 11 is 0. The summed E-state index contributed by atoms with van der Waals surface area (Å²) in [5.74, 6) is -0.904. The van der Waals surface area contributed by atoms with E-state index in [9.17, 15) is 22.8 Å². The van der Waals surface area contributed by atoms with Gasteiger partial charge < -0.3 is 10.2 Å². The number of nitrogens with zero attached hydrogens (tertiary/aromatic N) is 1. The number of halogens is 3. The molecule has 2 rings (SSSR count). The summed E-state index contributed by atoms with van der Waals surface area (Å²) in [5.41, 5.74) is 0.298. The Morgan fingerprint density at radius 2 is 1.63 bits per heavy atom. The maximum Gasteiger partial charge on any atom is 0.418 e. The average molecular weight is 378 g/mol. The zero-order valence-corrected chi connectivity index (χ0v) is 15.3. The predicted molar refractivity (Wildman–Crippen MR) is 98.6 cm³/mol. The van der Waals surface area contributed by atoms with E-state index < -0.39 is 30.1 Å². The van der Waals surface area contributed by atoms with E-state index in [2.05, 4.69) is 5.32 Å². The van der Waals surface area contributed by atoms with Crippen LogP contribution in [0.1, 0.15) is 37.8 Å². The van der Waals surface area contributed by atoms with E-state index in [0.717, 1.165) is 23.5 Å². The van der Waals surface area contributed by atoms with Gasteiger partial charge in [0.25, 0.3) is 0 Å². The second kappa shape index (κ2) is 8.24. The van der Waals surface area contributed by atoms with Gasteiger partial charge in [-0.15, -0.1) is 0 Å². The summed E-state index contributed by atoms with van der Waals surface area (Å²) in [6.45, 7) is 4.68. The lowest BCUT2D eigenvalue weighted by Crippen LogP contribution is -2.37. The van der Waals surface area contributed by atoms with Crippen molar-refractivity contribution in [3.05, 3.63) is 59.7 Å². The first-order valence-corrected chi connectivity index (χ1v) is 8.43. The largest absolute Gasteiger partial charge is 0.418 e. The van der Waals surface area contributed by atoms with Crippen molar-refractivity contribution in [3.63, 3.8) is 0 Å². The fourth-order valence-corrected chi connectivity index (χ4v) is 2.61. The second-order valence-corrected chi connectivity index (χ2v) is 6.44. The smallest absolute Gasteiger partial charge is 0.325 e. The third kappa shape index (κ3) is 5.32. The number of para-hydroxylation sites is 1. The van der Waals surface area contributed by atoms with Gasteiger partial charge in [-0.3, -0.25) is 9.59 Å². The summed E-state index contributed by atoms with van der Waals surface area (Å²) in [4.78, 5) is 25.0. The third-order valence-electron chi connectivity index (χ3n) is 4.04. The van der Waals surface area contributed by atoms with E-state index >= 15 is 0 Å². The second-order valence-electron chi connectivity index (χ2n) is 6.44. The first-order valence-electron chi connectivity index (χ1n) is 8.43. The Labute approximate surface area is 156 Å². The molecule has 144 valence electrons. The molecule has 27 heavy (non-hydrogen) atoms. The lowest BCUT2D eigenvalue weighted by Gasteiger charge is -2.24. The Morgan fingerprint density at radius 3 is 2.15 bits per heavy atom. The van der Waals surface area contributed by atoms with Gasteiger partial charge in [-0.2, -0.15) is 13.2 Å². The Hall–Kier alpha value is -2.83. The number of amides is 2. The molecule has 2 aromatic carbocycles. The highest BCUT2D eigenvalue weighted by molar-refractivity contribution is 6.02. The molecule has 0 fully saturated rings. The molecule has 0 aliphatic rings. The normalized spacial score (nSPS) is 11.4. The van der Waals surface area contributed by atoms with Crippen molar-refractivity contribution in [3.8, 4) is 0 Å². The maximum atomic E-state index is 13.2. The molecular formula is C20H21F3N2O2. The van der Waals surface area contributed by atoms with Crippen LogP contribution in [0.3, 0.4) is 0 Å². The first kappa shape index (κ1) is 20.5. The number of carbonyl (C=O) groups excluding carboxylic acids is 2. The quantitative estimate of drug-likeness (QED) is 0.811. The summed E-state index contributed by atoms with van der Waals surface area (Å²) in [5, 5.41) is 2.61. The zero-order chi connectivity index (χ0) is 20.2. The number of hydrogen-bond acceptors (Lipinski definition) is 2. The van der Waals surface area contributed by atoms with Crippen molar-refractivity contribution >= 4 is 23.2 Å². The summed E-state index contributed by atoms with van der Waals surface area (Å²) in [6.07, 6.45) is -4.63. The molecule has 1 N–H and O–H groups in total. The van der Waals surface area contributed by atoms with Crippen LogP contribution in [0.4, 0.5) is 24.5 Å². The average Bonchev–Trinajstić information content (AvgIpc) is 2.59. The lowest BCUT2D eigenvalue weighted by molar-refractivity contribution is -0.137. The van der Waals surface area contributed by atoms with Crippen molar-refractivity contribution in [1.82, 2.24) is 0 Å². The maximum absolute atomic E-state index is 13.2. The molecule has 0 unspecified atom stereocenters. The molecule has 0 bridgehead atoms. The van der Waals surface area contributed by atoms with E-state index in [1.54, 1.807) is 12.1 Å². The highest BCUT2D eigenvalue weighted by atomic mass is 19.4. The van der Waals surface area contributed by atoms with Gasteiger partial charge in [0.2, 0.25) is 11.8 Å². The number of alkyl halides is 3. The van der Waals surface area contributed by atoms with Crippen LogP contribution < -0.4 is 10.2 Å². The Bertz CT molecular complexity index is 815. The van der Waals surface area contributed by atoms with Crippen molar-refractivity contribution in [2.45, 2.75) is 32.9 Å². The van der Waals surface area contributed by atoms with Crippen molar-refractivity contribution in [2.24, 2.45) is 0 Å². The number of anilines is 2. The van der Waals surface area contributed by atoms with Crippen LogP contribution in [0.5, 0.6) is 0 Å². The van der Waals surface area contributed by atoms with Gasteiger partial charge >= 0.3 is 6.18 Å². The fourth-order valence-electron chi connectivity index (χ4n) is 2.61. The topological polar surface area (TPSA) is 49.4 Å². The number of benzene rings is 2. The first-order chi connectivity index (χ1) is 12.6. The monoisotopic (exact) mass is 378 g/mol. The predicted octanol–water partition coefficient (Wildman–Crippen LogP) is 4.82. The third-order valence-corrected chi connectivity index (χ3v) is 4.04. The van der Waals surface area contributed by atoms with Crippen LogP contribution in [0.15, 0.2) is 48.5 Å². The van der Waals surface area contributed by atoms with Gasteiger partial charge in [-0.05, 0) is 35.7 Å². The minimum atomic E-state index is -4.63. The lowest BCUT2D eigenvalue weighted by atomic mass is 10.0. The van der Waals surface area contributed by atoms with Crippen LogP contribution in [-0.4, -0.2) is 18.4 Å². The Balaban J connectivity index is 2.20. The highest BCUT2D eigenvalue weighted by Gasteiger charge is 2.35. The molecule has 4 nitrogen and oxygen atoms in total. The van der Waals surface area contributed by atoms with Gasteiger partial charge in [0, 0.05) is 12.6 Å². The van der Waals surface area contributed by atoms with E-state index in [0.29, 0.717) is 11.6 Å². The SMILES string of the molecule is CC(=O)N(CC(=O)Nc1ccc(C(C)C)cc1)c1ccccc1C(F)(F)F. The van der Waals surface area contributed by atoms with E-state index in [1.807, 2.05) is 26.0 Å². The molecule has 0 aromatic heterocycles. The van der Waals surface area contributed by atoms with Crippen LogP contribution in [0, 0.1) is 0 Å². The van der Waals surface area contributed by atoms with Gasteiger partial charge in [0.05, 0.1) is 11.3 Å². The van der Waals surface area contributed by atoms with Crippen LogP contribution >= 0.6 is 0 Å². The molecule has 0 saturated carbocycles. The molecule has 2 amide bonds. The van der Waals surface area contributed by atoms with E-state index in [-0.39, 0.29) is 5.69 Å². The summed E-state index contributed by atoms with van der Waals surface area (Å²) in [6, 6.07) is 11.8. The molecule has 0 aliphatic carbocycles. The molecule has 0 heterocycles. The molecule has 0 saturated heterocycles. The van der Waals surface area contributed by atoms with Crippen molar-refractivity contribution in [2.75, 3.05) is 16.8 Å². The van der Waals surface area contributed by atoms with Crippen LogP contribution in [0.2, 0.25) is 0 Å². The number of hydrogen-bond donors (Lipinski definition) is 1. The van der Waals surface area contributed by atoms with Gasteiger partial charge in [-0.25, -0.2) is 0 Å². The standard InChI is InChI=1S/C20H21F3N2O2/c1-13(2)15-8-10-16(11-9-15)24-19(27)12-25(14(3)26)18-7-5-4-6-17(18)20(21,22)23/h4-11,13H,12H2,1-3H3,(H,24,27). The molecule has 2 aromatic rings. The van der Waals surface area contributed by atoms with E-state index in [1.165, 1.54) is 18.2 Å². The number of nitrogens with one attached hydrogen (secondary N) is 1. The molecule has 0 aliphatic heterocycles. The highest BCUT2D eigenvalue weighted by Crippen LogP contribution is 2.36. The van der Waals surface area contributed by atoms with Crippen molar-refractivity contribution < 1.29 is 22.8 Å². The van der Waals surface area contributed by atoms with E-state index in [4.69, 9.17) is 0 Å². The Kier molecular flexibility index (Phi) is 6.25. The van der Waals surface area contributed by atoms with Crippen LogP contribution in [0.25, 0.3) is 0 Å². The van der Waals surface area contributed by atoms with Gasteiger partial charge in [-0.1, -0.05) is 38.1 Å².